The van der Waals surface area contributed by atoms with E-state index in [1.54, 1.807) is 16.8 Å². The lowest BCUT2D eigenvalue weighted by Gasteiger charge is -2.28. The fraction of sp³-hybridized carbons (Fsp3) is 0.440. The lowest BCUT2D eigenvalue weighted by molar-refractivity contribution is 0.0705. The Morgan fingerprint density at radius 1 is 1.18 bits per heavy atom. The molecule has 0 saturated carbocycles. The number of aryl methyl sites for hydroxylation is 2. The van der Waals surface area contributed by atoms with Crippen LogP contribution in [-0.2, 0) is 24.8 Å². The fourth-order valence-electron chi connectivity index (χ4n) is 4.31. The Hall–Kier alpha value is -3.68. The minimum Gasteiger partial charge on any atom is -0.378 e. The molecule has 200 valence electrons. The van der Waals surface area contributed by atoms with Crippen molar-refractivity contribution in [1.29, 1.82) is 0 Å². The summed E-state index contributed by atoms with van der Waals surface area (Å²) >= 11 is 1.75. The molecule has 1 saturated heterocycles. The summed E-state index contributed by atoms with van der Waals surface area (Å²) in [4.78, 5) is 41.5. The topological polar surface area (TPSA) is 134 Å². The van der Waals surface area contributed by atoms with Gasteiger partial charge in [0.15, 0.2) is 22.8 Å². The molecule has 0 atom stereocenters. The van der Waals surface area contributed by atoms with Crippen molar-refractivity contribution >= 4 is 40.2 Å². The number of anilines is 2. The number of carbonyl (C=O) groups excluding carboxylic acids is 1. The Bertz CT molecular complexity index is 1410. The molecule has 0 radical (unpaired) electrons. The zero-order chi connectivity index (χ0) is 26.6. The Morgan fingerprint density at radius 2 is 1.95 bits per heavy atom. The Labute approximate surface area is 224 Å². The van der Waals surface area contributed by atoms with Crippen LogP contribution in [0.4, 0.5) is 11.8 Å². The number of rotatable bonds is 9. The molecular weight excluding hydrogens is 506 g/mol. The van der Waals surface area contributed by atoms with E-state index in [4.69, 9.17) is 24.9 Å². The molecule has 2 N–H and O–H groups in total. The van der Waals surface area contributed by atoms with Gasteiger partial charge in [-0.2, -0.15) is 0 Å². The first-order valence-electron chi connectivity index (χ1n) is 12.6. The molecule has 38 heavy (non-hydrogen) atoms. The number of nitrogens with zero attached hydrogens (tertiary/aromatic N) is 8. The molecule has 5 heterocycles. The van der Waals surface area contributed by atoms with Crippen LogP contribution in [0.25, 0.3) is 21.9 Å². The van der Waals surface area contributed by atoms with Gasteiger partial charge >= 0.3 is 0 Å². The van der Waals surface area contributed by atoms with E-state index < -0.39 is 5.91 Å². The third kappa shape index (κ3) is 5.30. The van der Waals surface area contributed by atoms with Crippen LogP contribution in [0.3, 0.4) is 0 Å². The minimum absolute atomic E-state index is 0.164. The second-order valence-corrected chi connectivity index (χ2v) is 10.3. The maximum Gasteiger partial charge on any atom is 0.277 e. The molecule has 1 amide bonds. The van der Waals surface area contributed by atoms with E-state index in [9.17, 15) is 4.79 Å². The molecule has 0 spiro atoms. The van der Waals surface area contributed by atoms with Gasteiger partial charge in [-0.25, -0.2) is 30.4 Å². The van der Waals surface area contributed by atoms with E-state index in [0.29, 0.717) is 31.5 Å². The molecule has 0 unspecified atom stereocenters. The highest BCUT2D eigenvalue weighted by Gasteiger charge is 2.23. The quantitative estimate of drug-likeness (QED) is 0.242. The van der Waals surface area contributed by atoms with E-state index in [1.165, 1.54) is 23.7 Å². The monoisotopic (exact) mass is 537 g/mol. The average molecular weight is 538 g/mol. The van der Waals surface area contributed by atoms with Gasteiger partial charge in [-0.05, 0) is 25.0 Å². The highest BCUT2D eigenvalue weighted by molar-refractivity contribution is 7.15. The third-order valence-electron chi connectivity index (χ3n) is 6.48. The van der Waals surface area contributed by atoms with Gasteiger partial charge in [0.2, 0.25) is 5.95 Å². The predicted molar refractivity (Wildman–Crippen MR) is 145 cm³/mol. The second-order valence-electron chi connectivity index (χ2n) is 9.17. The number of hydroxylamine groups is 1. The number of thiophene rings is 1. The van der Waals surface area contributed by atoms with Crippen LogP contribution in [-0.4, -0.2) is 74.0 Å². The molecule has 4 aromatic heterocycles. The Morgan fingerprint density at radius 3 is 2.66 bits per heavy atom. The lowest BCUT2D eigenvalue weighted by atomic mass is 10.2. The fourth-order valence-corrected chi connectivity index (χ4v) is 5.29. The van der Waals surface area contributed by atoms with Crippen LogP contribution >= 0.6 is 11.3 Å². The summed E-state index contributed by atoms with van der Waals surface area (Å²) in [6.45, 7) is 5.39. The van der Waals surface area contributed by atoms with Crippen molar-refractivity contribution in [2.24, 2.45) is 7.05 Å². The number of unbranched alkanes of at least 4 members (excludes halogenated alkanes) is 1. The summed E-state index contributed by atoms with van der Waals surface area (Å²) in [6.07, 6.45) is 6.12. The van der Waals surface area contributed by atoms with Gasteiger partial charge < -0.3 is 19.1 Å². The van der Waals surface area contributed by atoms with Crippen molar-refractivity contribution in [3.8, 4) is 10.7 Å². The van der Waals surface area contributed by atoms with Crippen molar-refractivity contribution in [2.75, 3.05) is 43.2 Å². The third-order valence-corrected chi connectivity index (χ3v) is 7.63. The first-order valence-corrected chi connectivity index (χ1v) is 13.4. The number of morpholine rings is 1. The number of imidazole rings is 1. The van der Waals surface area contributed by atoms with Crippen LogP contribution in [0.2, 0.25) is 0 Å². The van der Waals surface area contributed by atoms with Gasteiger partial charge in [0.25, 0.3) is 5.91 Å². The van der Waals surface area contributed by atoms with E-state index in [-0.39, 0.29) is 5.56 Å². The van der Waals surface area contributed by atoms with Gasteiger partial charge in [0.05, 0.1) is 30.2 Å². The molecule has 4 aromatic rings. The summed E-state index contributed by atoms with van der Waals surface area (Å²) < 4.78 is 7.57. The summed E-state index contributed by atoms with van der Waals surface area (Å²) in [5.41, 5.74) is 3.26. The van der Waals surface area contributed by atoms with E-state index in [2.05, 4.69) is 33.9 Å². The van der Waals surface area contributed by atoms with Gasteiger partial charge in [0.1, 0.15) is 5.82 Å². The average Bonchev–Trinajstić information content (AvgIpc) is 3.56. The minimum atomic E-state index is -0.664. The van der Waals surface area contributed by atoms with Crippen LogP contribution in [0.5, 0.6) is 0 Å². The van der Waals surface area contributed by atoms with Gasteiger partial charge in [-0.15, -0.1) is 11.3 Å². The van der Waals surface area contributed by atoms with Crippen LogP contribution in [0, 0.1) is 0 Å². The first-order chi connectivity index (χ1) is 18.5. The highest BCUT2D eigenvalue weighted by Crippen LogP contribution is 2.32. The molecule has 1 aliphatic heterocycles. The maximum absolute atomic E-state index is 11.6. The number of ether oxygens (including phenoxy) is 1. The number of carbonyl (C=O) groups is 1. The molecule has 1 aliphatic rings. The van der Waals surface area contributed by atoms with E-state index in [0.717, 1.165) is 53.6 Å². The molecule has 5 rings (SSSR count). The Kier molecular flexibility index (Phi) is 7.77. The molecular formula is C25H31N9O3S. The first kappa shape index (κ1) is 25.9. The van der Waals surface area contributed by atoms with Crippen LogP contribution < -0.4 is 15.3 Å². The molecule has 12 nitrogen and oxygen atoms in total. The molecule has 0 bridgehead atoms. The SMILES string of the molecule is CCCCc1ccc(-c2nc(N3CCOCC3)c3nc(CN(C)c4ncc(C(=O)NO)cn4)n(C)c3n2)s1. The van der Waals surface area contributed by atoms with Crippen molar-refractivity contribution < 1.29 is 14.7 Å². The summed E-state index contributed by atoms with van der Waals surface area (Å²) in [6, 6.07) is 4.29. The summed E-state index contributed by atoms with van der Waals surface area (Å²) in [5, 5.41) is 8.81. The lowest BCUT2D eigenvalue weighted by Crippen LogP contribution is -2.37. The van der Waals surface area contributed by atoms with Gasteiger partial charge in [-0.1, -0.05) is 13.3 Å². The second kappa shape index (κ2) is 11.4. The molecule has 13 heteroatoms. The number of hydrogen-bond acceptors (Lipinski definition) is 11. The van der Waals surface area contributed by atoms with Crippen molar-refractivity contribution in [3.05, 3.63) is 40.8 Å². The smallest absolute Gasteiger partial charge is 0.277 e. The molecule has 0 aromatic carbocycles. The van der Waals surface area contributed by atoms with Gasteiger partial charge in [-0.3, -0.25) is 10.0 Å². The highest BCUT2D eigenvalue weighted by atomic mass is 32.1. The predicted octanol–water partition coefficient (Wildman–Crippen LogP) is 2.82. The van der Waals surface area contributed by atoms with Crippen molar-refractivity contribution in [2.45, 2.75) is 32.7 Å². The summed E-state index contributed by atoms with van der Waals surface area (Å²) in [5.74, 6) is 2.06. The van der Waals surface area contributed by atoms with E-state index in [1.807, 2.05) is 23.6 Å². The standard InChI is InChI=1S/C25H31N9O3S/c1-4-5-6-17-7-8-18(38-17)21-29-22-20(23(30-21)34-9-11-37-12-10-34)28-19(33(22)3)15-32(2)25-26-13-16(14-27-25)24(35)31-36/h7-8,13-14,36H,4-6,9-12,15H2,1-3H3,(H,31,35). The number of nitrogens with one attached hydrogen (secondary N) is 1. The van der Waals surface area contributed by atoms with E-state index >= 15 is 0 Å². The zero-order valence-electron chi connectivity index (χ0n) is 21.7. The largest absolute Gasteiger partial charge is 0.378 e. The normalized spacial score (nSPS) is 13.7. The number of amides is 1. The Balaban J connectivity index is 1.49. The number of aromatic nitrogens is 6. The molecule has 0 aliphatic carbocycles. The summed E-state index contributed by atoms with van der Waals surface area (Å²) in [7, 11) is 3.80. The number of hydrogen-bond donors (Lipinski definition) is 2. The number of fused-ring (bicyclic) bond motifs is 1. The van der Waals surface area contributed by atoms with Crippen LogP contribution in [0.1, 0.15) is 40.8 Å². The van der Waals surface area contributed by atoms with Crippen LogP contribution in [0.15, 0.2) is 24.5 Å². The maximum atomic E-state index is 11.6. The molecule has 1 fully saturated rings. The zero-order valence-corrected chi connectivity index (χ0v) is 22.5. The van der Waals surface area contributed by atoms with Crippen molar-refractivity contribution in [3.63, 3.8) is 0 Å². The van der Waals surface area contributed by atoms with Crippen molar-refractivity contribution in [1.82, 2.24) is 35.0 Å². The van der Waals surface area contributed by atoms with Gasteiger partial charge in [0, 0.05) is 44.5 Å².